The van der Waals surface area contributed by atoms with E-state index < -0.39 is 20.0 Å². The summed E-state index contributed by atoms with van der Waals surface area (Å²) in [5, 5.41) is 22.8. The molecule has 0 atom stereocenters. The number of nitrogens with zero attached hydrogens (tertiary/aromatic N) is 7. The lowest BCUT2D eigenvalue weighted by Crippen LogP contribution is -2.23. The smallest absolute Gasteiger partial charge is 0.258 e. The van der Waals surface area contributed by atoms with Gasteiger partial charge in [0, 0.05) is 46.7 Å². The van der Waals surface area contributed by atoms with Crippen molar-refractivity contribution in [3.63, 3.8) is 0 Å². The molecule has 0 fully saturated rings. The second kappa shape index (κ2) is 14.2. The van der Waals surface area contributed by atoms with Gasteiger partial charge in [0.25, 0.3) is 20.0 Å². The molecule has 7 heterocycles. The van der Waals surface area contributed by atoms with E-state index in [0.717, 1.165) is 37.3 Å². The first-order valence-electron chi connectivity index (χ1n) is 14.6. The monoisotopic (exact) mass is 763 g/mol. The molecule has 0 aliphatic carbocycles. The Labute approximate surface area is 297 Å². The quantitative estimate of drug-likeness (QED) is 0.147. The van der Waals surface area contributed by atoms with E-state index in [1.165, 1.54) is 22.9 Å². The first kappa shape index (κ1) is 33.7. The number of aromatic nitrogens is 9. The summed E-state index contributed by atoms with van der Waals surface area (Å²) >= 11 is 4.40. The molecule has 8 rings (SSSR count). The van der Waals surface area contributed by atoms with Gasteiger partial charge in [-0.2, -0.15) is 10.2 Å². The molecule has 0 amide bonds. The van der Waals surface area contributed by atoms with Crippen molar-refractivity contribution < 1.29 is 16.8 Å². The second-order valence-electron chi connectivity index (χ2n) is 10.5. The number of thiophene rings is 1. The molecule has 0 unspecified atom stereocenters. The highest BCUT2D eigenvalue weighted by molar-refractivity contribution is 7.89. The summed E-state index contributed by atoms with van der Waals surface area (Å²) in [7, 11) is -7.43. The lowest BCUT2D eigenvalue weighted by Gasteiger charge is -2.06. The third-order valence-corrected chi connectivity index (χ3v) is 12.3. The molecule has 0 saturated heterocycles. The van der Waals surface area contributed by atoms with Crippen molar-refractivity contribution in [1.82, 2.24) is 54.4 Å². The topological polar surface area (TPSA) is 214 Å². The number of nitrogens with one attached hydrogen (secondary N) is 4. The summed E-state index contributed by atoms with van der Waals surface area (Å²) in [6.07, 6.45) is 3.13. The van der Waals surface area contributed by atoms with Crippen LogP contribution in [0.25, 0.3) is 43.9 Å². The Morgan fingerprint density at radius 2 is 1.38 bits per heavy atom. The largest absolute Gasteiger partial charge is 0.263 e. The molecule has 15 nitrogen and oxygen atoms in total. The lowest BCUT2D eigenvalue weighted by molar-refractivity contribution is 0.576. The molecular weight excluding hydrogens is 739 g/mol. The molecule has 7 aromatic heterocycles. The Morgan fingerprint density at radius 3 is 1.96 bits per heavy atom. The molecule has 0 radical (unpaired) electrons. The number of sulfonamides is 2. The number of fused-ring (bicyclic) bond motifs is 2. The van der Waals surface area contributed by atoms with Crippen molar-refractivity contribution in [2.45, 2.75) is 30.1 Å². The fourth-order valence-electron chi connectivity index (χ4n) is 4.72. The van der Waals surface area contributed by atoms with Crippen LogP contribution in [0.4, 0.5) is 0 Å². The molecule has 0 aliphatic heterocycles. The number of pyridine rings is 2. The summed E-state index contributed by atoms with van der Waals surface area (Å²) in [5.74, 6) is 0. The molecule has 1 aromatic carbocycles. The Bertz CT molecular complexity index is 2610. The maximum Gasteiger partial charge on any atom is 0.258 e. The highest BCUT2D eigenvalue weighted by Crippen LogP contribution is 2.29. The summed E-state index contributed by atoms with van der Waals surface area (Å²) in [6, 6.07) is 18.0. The van der Waals surface area contributed by atoms with Crippen LogP contribution in [0.2, 0.25) is 0 Å². The number of rotatable bonds is 10. The molecule has 8 aromatic rings. The maximum absolute atomic E-state index is 12.5. The van der Waals surface area contributed by atoms with Gasteiger partial charge in [-0.05, 0) is 60.4 Å². The molecule has 4 N–H and O–H groups in total. The number of aromatic amines is 2. The minimum atomic E-state index is -3.72. The summed E-state index contributed by atoms with van der Waals surface area (Å²) in [4.78, 5) is 14.4. The molecule has 50 heavy (non-hydrogen) atoms. The highest BCUT2D eigenvalue weighted by Gasteiger charge is 2.22. The first-order valence-corrected chi connectivity index (χ1v) is 20.1. The normalized spacial score (nSPS) is 11.9. The van der Waals surface area contributed by atoms with Gasteiger partial charge in [-0.25, -0.2) is 41.2 Å². The van der Waals surface area contributed by atoms with Crippen molar-refractivity contribution in [2.24, 2.45) is 0 Å². The molecular formula is C30H25N11O4S5. The van der Waals surface area contributed by atoms with Gasteiger partial charge < -0.3 is 0 Å². The predicted molar refractivity (Wildman–Crippen MR) is 191 cm³/mol. The average Bonchev–Trinajstić information content (AvgIpc) is 3.97. The van der Waals surface area contributed by atoms with Crippen molar-refractivity contribution in [1.29, 1.82) is 0 Å². The summed E-state index contributed by atoms with van der Waals surface area (Å²) < 4.78 is 59.1. The Hall–Kier alpha value is -4.83. The molecule has 0 bridgehead atoms. The average molecular weight is 764 g/mol. The van der Waals surface area contributed by atoms with Crippen LogP contribution in [0, 0.1) is 6.92 Å². The van der Waals surface area contributed by atoms with E-state index >= 15 is 0 Å². The van der Waals surface area contributed by atoms with Gasteiger partial charge in [0.05, 0.1) is 26.4 Å². The second-order valence-corrected chi connectivity index (χ2v) is 16.8. The van der Waals surface area contributed by atoms with Crippen LogP contribution >= 0.6 is 34.2 Å². The zero-order valence-corrected chi connectivity index (χ0v) is 29.9. The van der Waals surface area contributed by atoms with Gasteiger partial charge in [-0.1, -0.05) is 28.8 Å². The van der Waals surface area contributed by atoms with Gasteiger partial charge in [-0.3, -0.25) is 10.2 Å². The van der Waals surface area contributed by atoms with E-state index in [9.17, 15) is 16.8 Å². The van der Waals surface area contributed by atoms with Gasteiger partial charge in [0.2, 0.25) is 0 Å². The number of hydrogen-bond donors (Lipinski definition) is 4. The van der Waals surface area contributed by atoms with Gasteiger partial charge in [-0.15, -0.1) is 27.8 Å². The number of hydrogen-bond acceptors (Lipinski definition) is 14. The third-order valence-electron chi connectivity index (χ3n) is 7.17. The molecule has 254 valence electrons. The lowest BCUT2D eigenvalue weighted by atomic mass is 10.1. The van der Waals surface area contributed by atoms with Crippen LogP contribution in [0.15, 0.2) is 93.9 Å². The Balaban J connectivity index is 0.000000157. The summed E-state index contributed by atoms with van der Waals surface area (Å²) in [6.45, 7) is 2.33. The van der Waals surface area contributed by atoms with Crippen molar-refractivity contribution in [2.75, 3.05) is 0 Å². The van der Waals surface area contributed by atoms with Crippen LogP contribution in [0.5, 0.6) is 0 Å². The summed E-state index contributed by atoms with van der Waals surface area (Å²) in [5.41, 5.74) is 4.23. The fraction of sp³-hybridized carbons (Fsp3) is 0.100. The molecule has 0 aliphatic rings. The third kappa shape index (κ3) is 7.35. The van der Waals surface area contributed by atoms with E-state index in [0.29, 0.717) is 22.1 Å². The molecule has 0 spiro atoms. The van der Waals surface area contributed by atoms with Crippen molar-refractivity contribution in [3.8, 4) is 21.8 Å². The zero-order chi connectivity index (χ0) is 34.7. The molecule has 20 heteroatoms. The van der Waals surface area contributed by atoms with E-state index in [-0.39, 0.29) is 23.1 Å². The SMILES string of the molecule is Cc1nc(-c2ccc(CNS(=O)(=O)c3[nH]nc4ncccc34)s2)cs1.O=S(=O)(NCc1ccc(-c2csnn2)cc1)c1[nH]nc2ncccc12. The van der Waals surface area contributed by atoms with Gasteiger partial charge in [0.15, 0.2) is 21.3 Å². The van der Waals surface area contributed by atoms with Crippen LogP contribution in [-0.4, -0.2) is 61.8 Å². The number of H-pyrrole nitrogens is 2. The Morgan fingerprint density at radius 1 is 0.740 bits per heavy atom. The standard InChI is InChI=1S/C15H12N6O2S2.C15H13N5O2S3/c22-25(23,15-12-2-1-7-16-14(12)19-20-15)17-8-10-3-5-11(6-4-10)13-9-24-21-18-13;1-9-18-12(8-23-9)13-5-4-10(24-13)7-17-25(21,22)15-11-3-2-6-16-14(11)19-20-15/h1-7,9,17H,8H2,(H,16,19,20);2-6,8,17H,7H2,1H3,(H,16,19,20). The van der Waals surface area contributed by atoms with E-state index in [1.54, 1.807) is 48.0 Å². The van der Waals surface area contributed by atoms with Crippen LogP contribution in [-0.2, 0) is 33.1 Å². The number of benzene rings is 1. The van der Waals surface area contributed by atoms with Gasteiger partial charge >= 0.3 is 0 Å². The van der Waals surface area contributed by atoms with E-state index in [1.807, 2.05) is 54.1 Å². The first-order chi connectivity index (χ1) is 24.2. The van der Waals surface area contributed by atoms with Gasteiger partial charge in [0.1, 0.15) is 5.69 Å². The van der Waals surface area contributed by atoms with Crippen LogP contribution < -0.4 is 9.44 Å². The number of thiazole rings is 1. The Kier molecular flexibility index (Phi) is 9.55. The maximum atomic E-state index is 12.5. The fourth-order valence-corrected chi connectivity index (χ4v) is 9.10. The van der Waals surface area contributed by atoms with Crippen molar-refractivity contribution >= 4 is 76.3 Å². The van der Waals surface area contributed by atoms with E-state index in [4.69, 9.17) is 0 Å². The minimum Gasteiger partial charge on any atom is -0.263 e. The van der Waals surface area contributed by atoms with E-state index in [2.05, 4.69) is 54.4 Å². The highest BCUT2D eigenvalue weighted by atomic mass is 32.2. The zero-order valence-electron chi connectivity index (χ0n) is 25.8. The van der Waals surface area contributed by atoms with Crippen LogP contribution in [0.1, 0.15) is 15.4 Å². The van der Waals surface area contributed by atoms with Crippen molar-refractivity contribution in [3.05, 3.63) is 99.3 Å². The van der Waals surface area contributed by atoms with Crippen LogP contribution in [0.3, 0.4) is 0 Å². The minimum absolute atomic E-state index is 0.0146. The molecule has 0 saturated carbocycles. The number of aryl methyl sites for hydroxylation is 1. The predicted octanol–water partition coefficient (Wildman–Crippen LogP) is 4.88.